The molecular formula is C15H15FN2O3S. The molecule has 2 rings (SSSR count). The number of ether oxygens (including phenoxy) is 1. The molecular weight excluding hydrogens is 307 g/mol. The van der Waals surface area contributed by atoms with Crippen molar-refractivity contribution < 1.29 is 18.7 Å². The smallest absolute Gasteiger partial charge is 0.279 e. The van der Waals surface area contributed by atoms with Crippen LogP contribution in [0.3, 0.4) is 0 Å². The van der Waals surface area contributed by atoms with Gasteiger partial charge in [-0.25, -0.2) is 4.39 Å². The van der Waals surface area contributed by atoms with Gasteiger partial charge in [0.25, 0.3) is 5.91 Å². The maximum absolute atomic E-state index is 13.4. The number of hydrogen-bond donors (Lipinski definition) is 2. The lowest BCUT2D eigenvalue weighted by Crippen LogP contribution is -2.47. The molecule has 1 unspecified atom stereocenters. The number of rotatable bonds is 5. The molecule has 0 fully saturated rings. The summed E-state index contributed by atoms with van der Waals surface area (Å²) >= 11 is 1.46. The van der Waals surface area contributed by atoms with Gasteiger partial charge in [-0.3, -0.25) is 20.4 Å². The Hall–Kier alpha value is -2.41. The third-order valence-electron chi connectivity index (χ3n) is 2.75. The second-order valence-corrected chi connectivity index (χ2v) is 5.52. The maximum Gasteiger partial charge on any atom is 0.279 e. The van der Waals surface area contributed by atoms with E-state index in [0.29, 0.717) is 0 Å². The number of carbonyl (C=O) groups is 2. The first-order valence-electron chi connectivity index (χ1n) is 6.58. The van der Waals surface area contributed by atoms with Crippen molar-refractivity contribution in [2.45, 2.75) is 19.4 Å². The number of thiophene rings is 1. The van der Waals surface area contributed by atoms with E-state index in [9.17, 15) is 14.0 Å². The number of hydrazine groups is 1. The van der Waals surface area contributed by atoms with Crippen molar-refractivity contribution in [2.75, 3.05) is 0 Å². The Bertz CT molecular complexity index is 646. The van der Waals surface area contributed by atoms with Crippen molar-refractivity contribution in [3.63, 3.8) is 0 Å². The van der Waals surface area contributed by atoms with Crippen LogP contribution in [0.25, 0.3) is 0 Å². The number of halogens is 1. The molecule has 1 aromatic heterocycles. The maximum atomic E-state index is 13.4. The van der Waals surface area contributed by atoms with Crippen LogP contribution in [-0.2, 0) is 16.0 Å². The normalized spacial score (nSPS) is 11.5. The largest absolute Gasteiger partial charge is 0.478 e. The van der Waals surface area contributed by atoms with Gasteiger partial charge in [-0.1, -0.05) is 18.2 Å². The van der Waals surface area contributed by atoms with Crippen molar-refractivity contribution in [3.05, 3.63) is 52.5 Å². The van der Waals surface area contributed by atoms with Crippen LogP contribution in [0, 0.1) is 5.82 Å². The zero-order valence-corrected chi connectivity index (χ0v) is 12.7. The van der Waals surface area contributed by atoms with Gasteiger partial charge < -0.3 is 4.74 Å². The summed E-state index contributed by atoms with van der Waals surface area (Å²) in [6.07, 6.45) is -0.764. The van der Waals surface area contributed by atoms with Crippen molar-refractivity contribution in [1.82, 2.24) is 10.9 Å². The summed E-state index contributed by atoms with van der Waals surface area (Å²) in [6, 6.07) is 9.47. The quantitative estimate of drug-likeness (QED) is 0.828. The summed E-state index contributed by atoms with van der Waals surface area (Å²) in [5.41, 5.74) is 4.55. The Kier molecular flexibility index (Phi) is 5.48. The molecule has 22 heavy (non-hydrogen) atoms. The van der Waals surface area contributed by atoms with Gasteiger partial charge in [0.15, 0.2) is 17.7 Å². The van der Waals surface area contributed by atoms with E-state index in [1.54, 1.807) is 6.07 Å². The molecule has 1 heterocycles. The van der Waals surface area contributed by atoms with Crippen LogP contribution < -0.4 is 15.6 Å². The molecule has 2 N–H and O–H groups in total. The summed E-state index contributed by atoms with van der Waals surface area (Å²) in [4.78, 5) is 24.3. The van der Waals surface area contributed by atoms with Crippen LogP contribution in [0.5, 0.6) is 5.75 Å². The molecule has 1 atom stereocenters. The lowest BCUT2D eigenvalue weighted by molar-refractivity contribution is -0.132. The fourth-order valence-corrected chi connectivity index (χ4v) is 2.34. The lowest BCUT2D eigenvalue weighted by atomic mass is 10.3. The first-order valence-corrected chi connectivity index (χ1v) is 7.46. The van der Waals surface area contributed by atoms with E-state index in [-0.39, 0.29) is 18.1 Å². The first kappa shape index (κ1) is 16.0. The van der Waals surface area contributed by atoms with Crippen molar-refractivity contribution in [2.24, 2.45) is 0 Å². The van der Waals surface area contributed by atoms with E-state index in [2.05, 4.69) is 10.9 Å². The zero-order valence-electron chi connectivity index (χ0n) is 11.8. The summed E-state index contributed by atoms with van der Waals surface area (Å²) in [5.74, 6) is -1.48. The van der Waals surface area contributed by atoms with Crippen LogP contribution in [0.1, 0.15) is 11.8 Å². The Morgan fingerprint density at radius 1 is 1.23 bits per heavy atom. The molecule has 0 spiro atoms. The number of hydrogen-bond acceptors (Lipinski definition) is 4. The minimum Gasteiger partial charge on any atom is -0.478 e. The highest BCUT2D eigenvalue weighted by molar-refractivity contribution is 7.10. The summed E-state index contributed by atoms with van der Waals surface area (Å²) in [6.45, 7) is 1.47. The molecule has 0 radical (unpaired) electrons. The van der Waals surface area contributed by atoms with E-state index in [1.807, 2.05) is 17.5 Å². The van der Waals surface area contributed by atoms with E-state index >= 15 is 0 Å². The van der Waals surface area contributed by atoms with Crippen LogP contribution in [0.15, 0.2) is 41.8 Å². The molecule has 0 aliphatic heterocycles. The molecule has 5 nitrogen and oxygen atoms in total. The monoisotopic (exact) mass is 322 g/mol. The second kappa shape index (κ2) is 7.56. The third-order valence-corrected chi connectivity index (χ3v) is 3.63. The second-order valence-electron chi connectivity index (χ2n) is 4.48. The first-order chi connectivity index (χ1) is 10.6. The van der Waals surface area contributed by atoms with Gasteiger partial charge in [0.2, 0.25) is 5.91 Å². The average Bonchev–Trinajstić information content (AvgIpc) is 3.00. The van der Waals surface area contributed by atoms with Crippen LogP contribution >= 0.6 is 11.3 Å². The van der Waals surface area contributed by atoms with Crippen molar-refractivity contribution in [3.8, 4) is 5.75 Å². The molecule has 2 aromatic rings. The minimum absolute atomic E-state index is 0.0185. The molecule has 1 aromatic carbocycles. The number of para-hydroxylation sites is 1. The zero-order chi connectivity index (χ0) is 15.9. The molecule has 0 bridgehead atoms. The predicted molar refractivity (Wildman–Crippen MR) is 80.8 cm³/mol. The molecule has 0 saturated heterocycles. The van der Waals surface area contributed by atoms with E-state index in [4.69, 9.17) is 4.74 Å². The van der Waals surface area contributed by atoms with Crippen molar-refractivity contribution in [1.29, 1.82) is 0 Å². The van der Waals surface area contributed by atoms with Gasteiger partial charge in [0.1, 0.15) is 0 Å². The Labute approximate surface area is 131 Å². The number of nitrogens with one attached hydrogen (secondary N) is 2. The predicted octanol–water partition coefficient (Wildman–Crippen LogP) is 2.04. The highest BCUT2D eigenvalue weighted by atomic mass is 32.1. The third kappa shape index (κ3) is 4.56. The van der Waals surface area contributed by atoms with Gasteiger partial charge in [-0.2, -0.15) is 0 Å². The number of amides is 2. The SMILES string of the molecule is CC(Oc1ccccc1F)C(=O)NNC(=O)Cc1cccs1. The summed E-state index contributed by atoms with van der Waals surface area (Å²) in [5, 5.41) is 1.87. The van der Waals surface area contributed by atoms with Gasteiger partial charge in [0, 0.05) is 4.88 Å². The van der Waals surface area contributed by atoms with Gasteiger partial charge in [-0.05, 0) is 30.5 Å². The van der Waals surface area contributed by atoms with Crippen LogP contribution in [0.2, 0.25) is 0 Å². The number of carbonyl (C=O) groups excluding carboxylic acids is 2. The van der Waals surface area contributed by atoms with Crippen LogP contribution in [-0.4, -0.2) is 17.9 Å². The Morgan fingerprint density at radius 3 is 2.68 bits per heavy atom. The summed E-state index contributed by atoms with van der Waals surface area (Å²) in [7, 11) is 0. The molecule has 0 saturated carbocycles. The standard InChI is InChI=1S/C15H15FN2O3S/c1-10(21-13-7-3-2-6-12(13)16)15(20)18-17-14(19)9-11-5-4-8-22-11/h2-8,10H,9H2,1H3,(H,17,19)(H,18,20). The van der Waals surface area contributed by atoms with Gasteiger partial charge >= 0.3 is 0 Å². The molecule has 0 aliphatic rings. The van der Waals surface area contributed by atoms with Gasteiger partial charge in [-0.15, -0.1) is 11.3 Å². The van der Waals surface area contributed by atoms with Crippen LogP contribution in [0.4, 0.5) is 4.39 Å². The highest BCUT2D eigenvalue weighted by Gasteiger charge is 2.17. The topological polar surface area (TPSA) is 67.4 Å². The Balaban J connectivity index is 1.79. The number of benzene rings is 1. The minimum atomic E-state index is -0.945. The Morgan fingerprint density at radius 2 is 2.00 bits per heavy atom. The fraction of sp³-hybridized carbons (Fsp3) is 0.200. The molecule has 2 amide bonds. The van der Waals surface area contributed by atoms with Crippen molar-refractivity contribution >= 4 is 23.2 Å². The highest BCUT2D eigenvalue weighted by Crippen LogP contribution is 2.16. The lowest BCUT2D eigenvalue weighted by Gasteiger charge is -2.15. The summed E-state index contributed by atoms with van der Waals surface area (Å²) < 4.78 is 18.6. The van der Waals surface area contributed by atoms with Gasteiger partial charge in [0.05, 0.1) is 6.42 Å². The van der Waals surface area contributed by atoms with E-state index < -0.39 is 17.8 Å². The molecule has 0 aliphatic carbocycles. The average molecular weight is 322 g/mol. The van der Waals surface area contributed by atoms with E-state index in [1.165, 1.54) is 36.5 Å². The molecule has 7 heteroatoms. The van der Waals surface area contributed by atoms with E-state index in [0.717, 1.165) is 4.88 Å². The fourth-order valence-electron chi connectivity index (χ4n) is 1.63. The molecule has 116 valence electrons.